The van der Waals surface area contributed by atoms with Crippen LogP contribution in [0.5, 0.6) is 0 Å². The van der Waals surface area contributed by atoms with Crippen LogP contribution in [0.4, 0.5) is 0 Å². The van der Waals surface area contributed by atoms with E-state index in [1.54, 1.807) is 52.0 Å². The minimum atomic E-state index is -1.13. The van der Waals surface area contributed by atoms with Gasteiger partial charge in [-0.15, -0.1) is 10.2 Å². The summed E-state index contributed by atoms with van der Waals surface area (Å²) in [7, 11) is -1.13. The van der Waals surface area contributed by atoms with Gasteiger partial charge in [0.15, 0.2) is 0 Å². The summed E-state index contributed by atoms with van der Waals surface area (Å²) in [5.41, 5.74) is -0.627. The zero-order chi connectivity index (χ0) is 15.7. The molecular formula is C13H19BN4O3. The van der Waals surface area contributed by atoms with Gasteiger partial charge in [-0.05, 0) is 38.4 Å². The molecule has 1 aromatic carbocycles. The highest BCUT2D eigenvalue weighted by Crippen LogP contribution is 2.25. The topological polar surface area (TPSA) is 104 Å². The first-order valence-corrected chi connectivity index (χ1v) is 6.63. The Kier molecular flexibility index (Phi) is 4.13. The number of rotatable bonds is 5. The van der Waals surface area contributed by atoms with E-state index in [-0.39, 0.29) is 0 Å². The van der Waals surface area contributed by atoms with Crippen LogP contribution in [0, 0.1) is 0 Å². The first kappa shape index (κ1) is 15.6. The Morgan fingerprint density at radius 2 is 1.76 bits per heavy atom. The molecule has 0 aliphatic heterocycles. The molecule has 0 bridgehead atoms. The molecule has 1 aromatic heterocycles. The van der Waals surface area contributed by atoms with E-state index in [0.29, 0.717) is 11.3 Å². The Labute approximate surface area is 123 Å². The van der Waals surface area contributed by atoms with Crippen LogP contribution < -0.4 is 5.46 Å². The van der Waals surface area contributed by atoms with Gasteiger partial charge in [0.05, 0.1) is 11.2 Å². The molecule has 0 spiro atoms. The lowest BCUT2D eigenvalue weighted by atomic mass is 9.76. The van der Waals surface area contributed by atoms with Crippen LogP contribution in [-0.2, 0) is 4.65 Å². The SMILES string of the molecule is CC(C)(O)C(C)(C)OB(O)c1ccc(-c2nn[nH]n2)cc1. The van der Waals surface area contributed by atoms with E-state index in [1.165, 1.54) is 0 Å². The minimum Gasteiger partial charge on any atom is -0.423 e. The zero-order valence-electron chi connectivity index (χ0n) is 12.5. The maximum absolute atomic E-state index is 10.2. The normalized spacial score (nSPS) is 12.5. The molecule has 0 saturated heterocycles. The molecule has 3 N–H and O–H groups in total. The molecule has 21 heavy (non-hydrogen) atoms. The third-order valence-corrected chi connectivity index (χ3v) is 3.68. The highest BCUT2D eigenvalue weighted by Gasteiger charge is 2.39. The Morgan fingerprint density at radius 3 is 2.24 bits per heavy atom. The van der Waals surface area contributed by atoms with Crippen molar-refractivity contribution in [2.24, 2.45) is 0 Å². The molecule has 8 heteroatoms. The van der Waals surface area contributed by atoms with Crippen molar-refractivity contribution in [3.8, 4) is 11.4 Å². The van der Waals surface area contributed by atoms with Crippen molar-refractivity contribution in [2.75, 3.05) is 0 Å². The van der Waals surface area contributed by atoms with E-state index < -0.39 is 18.3 Å². The summed E-state index contributed by atoms with van der Waals surface area (Å²) in [6.45, 7) is 6.73. The lowest BCUT2D eigenvalue weighted by molar-refractivity contribution is -0.0982. The molecule has 112 valence electrons. The van der Waals surface area contributed by atoms with Gasteiger partial charge in [-0.1, -0.05) is 24.3 Å². The smallest absolute Gasteiger partial charge is 0.423 e. The summed E-state index contributed by atoms with van der Waals surface area (Å²) >= 11 is 0. The van der Waals surface area contributed by atoms with Crippen LogP contribution in [0.15, 0.2) is 24.3 Å². The van der Waals surface area contributed by atoms with E-state index in [1.807, 2.05) is 0 Å². The average Bonchev–Trinajstić information content (AvgIpc) is 2.91. The standard InChI is InChI=1S/C13H19BN4O3/c1-12(2,19)13(3,4)21-14(20)10-7-5-9(6-8-10)11-15-17-18-16-11/h5-8,19-20H,1-4H3,(H,15,16,17,18). The van der Waals surface area contributed by atoms with Crippen LogP contribution in [-0.4, -0.2) is 49.1 Å². The van der Waals surface area contributed by atoms with Crippen molar-refractivity contribution in [1.29, 1.82) is 0 Å². The first-order chi connectivity index (χ1) is 9.71. The number of aromatic amines is 1. The van der Waals surface area contributed by atoms with E-state index in [4.69, 9.17) is 4.65 Å². The number of H-pyrrole nitrogens is 1. The Hall–Kier alpha value is -1.77. The summed E-state index contributed by atoms with van der Waals surface area (Å²) in [6, 6.07) is 6.97. The van der Waals surface area contributed by atoms with Gasteiger partial charge in [-0.25, -0.2) is 0 Å². The molecule has 0 fully saturated rings. The van der Waals surface area contributed by atoms with Crippen LogP contribution in [0.2, 0.25) is 0 Å². The molecule has 2 rings (SSSR count). The highest BCUT2D eigenvalue weighted by molar-refractivity contribution is 6.60. The van der Waals surface area contributed by atoms with Gasteiger partial charge in [-0.3, -0.25) is 0 Å². The summed E-state index contributed by atoms with van der Waals surface area (Å²) < 4.78 is 5.57. The van der Waals surface area contributed by atoms with E-state index in [2.05, 4.69) is 20.6 Å². The third kappa shape index (κ3) is 3.47. The number of nitrogens with zero attached hydrogens (tertiary/aromatic N) is 3. The van der Waals surface area contributed by atoms with Crippen molar-refractivity contribution in [3.63, 3.8) is 0 Å². The van der Waals surface area contributed by atoms with Crippen LogP contribution in [0.1, 0.15) is 27.7 Å². The third-order valence-electron chi connectivity index (χ3n) is 3.68. The van der Waals surface area contributed by atoms with Crippen LogP contribution >= 0.6 is 0 Å². The number of benzene rings is 1. The summed E-state index contributed by atoms with van der Waals surface area (Å²) in [6.07, 6.45) is 0. The Morgan fingerprint density at radius 1 is 1.14 bits per heavy atom. The van der Waals surface area contributed by atoms with Gasteiger partial charge in [0.2, 0.25) is 5.82 Å². The minimum absolute atomic E-state index is 0.480. The molecule has 7 nitrogen and oxygen atoms in total. The van der Waals surface area contributed by atoms with Crippen LogP contribution in [0.25, 0.3) is 11.4 Å². The molecule has 0 radical (unpaired) electrons. The van der Waals surface area contributed by atoms with Crippen molar-refractivity contribution < 1.29 is 14.8 Å². The van der Waals surface area contributed by atoms with Gasteiger partial charge in [0.1, 0.15) is 0 Å². The van der Waals surface area contributed by atoms with Crippen molar-refractivity contribution in [3.05, 3.63) is 24.3 Å². The van der Waals surface area contributed by atoms with Gasteiger partial charge in [0.25, 0.3) is 0 Å². The second-order valence-corrected chi connectivity index (χ2v) is 5.90. The molecular weight excluding hydrogens is 271 g/mol. The predicted octanol–water partition coefficient (Wildman–Crippen LogP) is 0.120. The lowest BCUT2D eigenvalue weighted by Crippen LogP contribution is -2.53. The van der Waals surface area contributed by atoms with Crippen molar-refractivity contribution in [2.45, 2.75) is 38.9 Å². The van der Waals surface area contributed by atoms with E-state index in [0.717, 1.165) is 5.56 Å². The molecule has 1 heterocycles. The number of tetrazole rings is 1. The fraction of sp³-hybridized carbons (Fsp3) is 0.462. The van der Waals surface area contributed by atoms with Gasteiger partial charge >= 0.3 is 7.12 Å². The highest BCUT2D eigenvalue weighted by atomic mass is 16.5. The quantitative estimate of drug-likeness (QED) is 0.676. The van der Waals surface area contributed by atoms with Gasteiger partial charge in [0, 0.05) is 5.56 Å². The zero-order valence-corrected chi connectivity index (χ0v) is 12.5. The van der Waals surface area contributed by atoms with E-state index >= 15 is 0 Å². The van der Waals surface area contributed by atoms with Crippen LogP contribution in [0.3, 0.4) is 0 Å². The molecule has 0 amide bonds. The maximum atomic E-state index is 10.2. The Balaban J connectivity index is 2.12. The molecule has 0 aliphatic carbocycles. The predicted molar refractivity (Wildman–Crippen MR) is 78.7 cm³/mol. The maximum Gasteiger partial charge on any atom is 0.491 e. The second kappa shape index (κ2) is 5.55. The summed E-state index contributed by atoms with van der Waals surface area (Å²) in [5.74, 6) is 0.480. The Bertz CT molecular complexity index is 578. The summed E-state index contributed by atoms with van der Waals surface area (Å²) in [4.78, 5) is 0. The average molecular weight is 290 g/mol. The number of aromatic nitrogens is 4. The lowest BCUT2D eigenvalue weighted by Gasteiger charge is -2.38. The fourth-order valence-corrected chi connectivity index (χ4v) is 1.57. The molecule has 0 unspecified atom stereocenters. The fourth-order valence-electron chi connectivity index (χ4n) is 1.57. The van der Waals surface area contributed by atoms with Gasteiger partial charge in [-0.2, -0.15) is 5.21 Å². The van der Waals surface area contributed by atoms with Crippen molar-refractivity contribution >= 4 is 12.6 Å². The molecule has 2 aromatic rings. The second-order valence-electron chi connectivity index (χ2n) is 5.90. The van der Waals surface area contributed by atoms with E-state index in [9.17, 15) is 10.1 Å². The number of aliphatic hydroxyl groups is 1. The first-order valence-electron chi connectivity index (χ1n) is 6.63. The molecule has 0 saturated carbocycles. The summed E-state index contributed by atoms with van der Waals surface area (Å²) in [5, 5.41) is 33.8. The largest absolute Gasteiger partial charge is 0.491 e. The monoisotopic (exact) mass is 290 g/mol. The van der Waals surface area contributed by atoms with Gasteiger partial charge < -0.3 is 14.8 Å². The number of hydrogen-bond donors (Lipinski definition) is 3. The molecule has 0 atom stereocenters. The van der Waals surface area contributed by atoms with Crippen molar-refractivity contribution in [1.82, 2.24) is 20.6 Å². The number of hydrogen-bond acceptors (Lipinski definition) is 6. The number of nitrogens with one attached hydrogen (secondary N) is 1. The molecule has 0 aliphatic rings.